The number of anilines is 2. The van der Waals surface area contributed by atoms with E-state index in [1.165, 1.54) is 0 Å². The quantitative estimate of drug-likeness (QED) is 0.677. The Kier molecular flexibility index (Phi) is 3.96. The number of hydrogen-bond donors (Lipinski definition) is 3. The number of aliphatic hydroxyl groups excluding tert-OH is 1. The third kappa shape index (κ3) is 2.86. The summed E-state index contributed by atoms with van der Waals surface area (Å²) in [5, 5.41) is 8.83. The number of nitrogens with two attached hydrogens (primary N) is 1. The first-order valence-electron chi connectivity index (χ1n) is 5.25. The second-order valence-electron chi connectivity index (χ2n) is 3.92. The minimum Gasteiger partial charge on any atom is -0.396 e. The molecule has 5 nitrogen and oxygen atoms in total. The third-order valence-corrected chi connectivity index (χ3v) is 2.28. The van der Waals surface area contributed by atoms with Crippen LogP contribution >= 0.6 is 0 Å². The number of nitrogens with one attached hydrogen (secondary N) is 1. The highest BCUT2D eigenvalue weighted by Gasteiger charge is 2.16. The van der Waals surface area contributed by atoms with Crippen molar-refractivity contribution in [2.75, 3.05) is 23.8 Å². The Morgan fingerprint density at radius 1 is 1.53 bits per heavy atom. The fourth-order valence-corrected chi connectivity index (χ4v) is 1.57. The molecule has 1 rings (SSSR count). The van der Waals surface area contributed by atoms with E-state index in [2.05, 4.69) is 28.7 Å². The molecule has 1 aromatic rings. The minimum absolute atomic E-state index is 0.187. The number of aromatic amines is 1. The Labute approximate surface area is 90.3 Å². The van der Waals surface area contributed by atoms with Crippen LogP contribution in [0.2, 0.25) is 0 Å². The van der Waals surface area contributed by atoms with Gasteiger partial charge in [-0.3, -0.25) is 0 Å². The number of aliphatic hydroxyl groups is 1. The van der Waals surface area contributed by atoms with Crippen LogP contribution in [0.25, 0.3) is 0 Å². The summed E-state index contributed by atoms with van der Waals surface area (Å²) in [4.78, 5) is 9.42. The molecule has 0 aromatic carbocycles. The molecule has 0 aliphatic rings. The predicted molar refractivity (Wildman–Crippen MR) is 61.9 cm³/mol. The van der Waals surface area contributed by atoms with Crippen LogP contribution in [-0.4, -0.2) is 34.3 Å². The van der Waals surface area contributed by atoms with Gasteiger partial charge >= 0.3 is 0 Å². The monoisotopic (exact) mass is 212 g/mol. The fourth-order valence-electron chi connectivity index (χ4n) is 1.57. The molecule has 15 heavy (non-hydrogen) atoms. The maximum Gasteiger partial charge on any atom is 0.171 e. The molecule has 0 bridgehead atoms. The molecule has 0 aliphatic heterocycles. The third-order valence-electron chi connectivity index (χ3n) is 2.28. The summed E-state index contributed by atoms with van der Waals surface area (Å²) in [7, 11) is 0. The summed E-state index contributed by atoms with van der Waals surface area (Å²) in [6.45, 7) is 7.00. The van der Waals surface area contributed by atoms with Crippen LogP contribution in [0.3, 0.4) is 0 Å². The molecule has 0 atom stereocenters. The van der Waals surface area contributed by atoms with Crippen LogP contribution < -0.4 is 10.6 Å². The Morgan fingerprint density at radius 3 is 2.60 bits per heavy atom. The van der Waals surface area contributed by atoms with Gasteiger partial charge in [0.15, 0.2) is 5.82 Å². The average molecular weight is 212 g/mol. The lowest BCUT2D eigenvalue weighted by Crippen LogP contribution is -2.33. The number of hydrogen-bond acceptors (Lipinski definition) is 4. The maximum atomic E-state index is 8.83. The molecule has 0 amide bonds. The summed E-state index contributed by atoms with van der Waals surface area (Å²) < 4.78 is 0. The smallest absolute Gasteiger partial charge is 0.171 e. The van der Waals surface area contributed by atoms with Gasteiger partial charge < -0.3 is 20.7 Å². The Morgan fingerprint density at radius 2 is 2.20 bits per heavy atom. The van der Waals surface area contributed by atoms with Gasteiger partial charge in [-0.05, 0) is 27.2 Å². The molecule has 0 unspecified atom stereocenters. The molecule has 0 spiro atoms. The van der Waals surface area contributed by atoms with Crippen molar-refractivity contribution in [1.29, 1.82) is 0 Å². The molecule has 4 N–H and O–H groups in total. The number of nitrogens with zero attached hydrogens (tertiary/aromatic N) is 2. The highest BCUT2D eigenvalue weighted by molar-refractivity contribution is 5.59. The largest absolute Gasteiger partial charge is 0.396 e. The van der Waals surface area contributed by atoms with E-state index < -0.39 is 0 Å². The van der Waals surface area contributed by atoms with Crippen molar-refractivity contribution in [3.8, 4) is 0 Å². The molecule has 0 saturated heterocycles. The van der Waals surface area contributed by atoms with Crippen LogP contribution in [0.4, 0.5) is 11.6 Å². The maximum absolute atomic E-state index is 8.83. The second kappa shape index (κ2) is 5.02. The van der Waals surface area contributed by atoms with Gasteiger partial charge in [-0.2, -0.15) is 0 Å². The predicted octanol–water partition coefficient (Wildman–Crippen LogP) is 0.898. The summed E-state index contributed by atoms with van der Waals surface area (Å²) in [6, 6.07) is 0.321. The topological polar surface area (TPSA) is 78.2 Å². The van der Waals surface area contributed by atoms with E-state index >= 15 is 0 Å². The molecule has 0 fully saturated rings. The van der Waals surface area contributed by atoms with Crippen molar-refractivity contribution >= 4 is 11.6 Å². The van der Waals surface area contributed by atoms with E-state index in [9.17, 15) is 0 Å². The van der Waals surface area contributed by atoms with Crippen LogP contribution in [0.15, 0.2) is 0 Å². The van der Waals surface area contributed by atoms with E-state index in [0.717, 1.165) is 24.6 Å². The van der Waals surface area contributed by atoms with Gasteiger partial charge in [0, 0.05) is 19.2 Å². The lowest BCUT2D eigenvalue weighted by molar-refractivity contribution is 0.288. The molecule has 0 radical (unpaired) electrons. The van der Waals surface area contributed by atoms with Crippen molar-refractivity contribution in [2.24, 2.45) is 0 Å². The fraction of sp³-hybridized carbons (Fsp3) is 0.700. The summed E-state index contributed by atoms with van der Waals surface area (Å²) >= 11 is 0. The van der Waals surface area contributed by atoms with Crippen LogP contribution in [-0.2, 0) is 0 Å². The van der Waals surface area contributed by atoms with Crippen molar-refractivity contribution in [2.45, 2.75) is 33.2 Å². The van der Waals surface area contributed by atoms with Crippen LogP contribution in [0.1, 0.15) is 26.1 Å². The first-order chi connectivity index (χ1) is 7.06. The Balaban J connectivity index is 2.83. The number of H-pyrrole nitrogens is 1. The van der Waals surface area contributed by atoms with Gasteiger partial charge in [-0.25, -0.2) is 4.98 Å². The SMILES string of the molecule is Cc1nc(N(CCCO)C(C)C)c(N)[nH]1. The minimum atomic E-state index is 0.187. The van der Waals surface area contributed by atoms with Gasteiger partial charge in [-0.1, -0.05) is 0 Å². The molecular formula is C10H20N4O. The van der Waals surface area contributed by atoms with Gasteiger partial charge in [0.25, 0.3) is 0 Å². The Hall–Kier alpha value is -1.23. The number of imidazole rings is 1. The standard InChI is InChI=1S/C10H20N4O/c1-7(2)14(5-4-6-15)10-9(11)12-8(3)13-10/h7,15H,4-6,11H2,1-3H3,(H,12,13). The molecule has 0 aliphatic carbocycles. The van der Waals surface area contributed by atoms with Gasteiger partial charge in [0.05, 0.1) is 0 Å². The van der Waals surface area contributed by atoms with E-state index in [1.54, 1.807) is 0 Å². The van der Waals surface area contributed by atoms with E-state index in [4.69, 9.17) is 10.8 Å². The zero-order chi connectivity index (χ0) is 11.4. The van der Waals surface area contributed by atoms with E-state index in [-0.39, 0.29) is 6.61 Å². The van der Waals surface area contributed by atoms with E-state index in [0.29, 0.717) is 11.9 Å². The highest BCUT2D eigenvalue weighted by atomic mass is 16.3. The summed E-state index contributed by atoms with van der Waals surface area (Å²) in [5.41, 5.74) is 5.83. The zero-order valence-corrected chi connectivity index (χ0v) is 9.62. The number of aromatic nitrogens is 2. The number of rotatable bonds is 5. The van der Waals surface area contributed by atoms with Crippen molar-refractivity contribution < 1.29 is 5.11 Å². The second-order valence-corrected chi connectivity index (χ2v) is 3.92. The van der Waals surface area contributed by atoms with Gasteiger partial charge in [0.1, 0.15) is 11.6 Å². The summed E-state index contributed by atoms with van der Waals surface area (Å²) in [5.74, 6) is 2.20. The lowest BCUT2D eigenvalue weighted by atomic mass is 10.3. The van der Waals surface area contributed by atoms with Crippen LogP contribution in [0.5, 0.6) is 0 Å². The van der Waals surface area contributed by atoms with Crippen molar-refractivity contribution in [3.05, 3.63) is 5.82 Å². The van der Waals surface area contributed by atoms with Crippen molar-refractivity contribution in [3.63, 3.8) is 0 Å². The molecule has 1 heterocycles. The molecule has 1 aromatic heterocycles. The number of nitrogen functional groups attached to an aromatic ring is 1. The van der Waals surface area contributed by atoms with Gasteiger partial charge in [-0.15, -0.1) is 0 Å². The van der Waals surface area contributed by atoms with E-state index in [1.807, 2.05) is 6.92 Å². The van der Waals surface area contributed by atoms with Crippen molar-refractivity contribution in [1.82, 2.24) is 9.97 Å². The average Bonchev–Trinajstić information content (AvgIpc) is 2.46. The number of aryl methyl sites for hydroxylation is 1. The highest BCUT2D eigenvalue weighted by Crippen LogP contribution is 2.21. The molecule has 0 saturated carbocycles. The Bertz CT molecular complexity index is 308. The normalized spacial score (nSPS) is 11.0. The zero-order valence-electron chi connectivity index (χ0n) is 9.62. The molecular weight excluding hydrogens is 192 g/mol. The van der Waals surface area contributed by atoms with Crippen LogP contribution in [0, 0.1) is 6.92 Å². The first kappa shape index (κ1) is 11.8. The molecule has 5 heteroatoms. The summed E-state index contributed by atoms with van der Waals surface area (Å²) in [6.07, 6.45) is 0.726. The first-order valence-corrected chi connectivity index (χ1v) is 5.25. The van der Waals surface area contributed by atoms with Gasteiger partial charge in [0.2, 0.25) is 0 Å². The molecule has 86 valence electrons. The lowest BCUT2D eigenvalue weighted by Gasteiger charge is -2.26.